The van der Waals surface area contributed by atoms with Crippen molar-refractivity contribution >= 4 is 21.6 Å². The number of rotatable bonds is 3. The first-order valence-electron chi connectivity index (χ1n) is 6.05. The summed E-state index contributed by atoms with van der Waals surface area (Å²) < 4.78 is 1.17. The van der Waals surface area contributed by atoms with Gasteiger partial charge in [-0.25, -0.2) is 0 Å². The second-order valence-electron chi connectivity index (χ2n) is 4.51. The van der Waals surface area contributed by atoms with Crippen molar-refractivity contribution in [1.29, 1.82) is 0 Å². The van der Waals surface area contributed by atoms with Crippen molar-refractivity contribution in [2.45, 2.75) is 6.92 Å². The minimum absolute atomic E-state index is 0.258. The fourth-order valence-corrected chi connectivity index (χ4v) is 2.97. The molecule has 1 aromatic rings. The molecular weight excluding hydrogens is 280 g/mol. The van der Waals surface area contributed by atoms with E-state index in [4.69, 9.17) is 5.11 Å². The number of hydrogen-bond donors (Lipinski definition) is 1. The molecule has 0 aromatic heterocycles. The van der Waals surface area contributed by atoms with Gasteiger partial charge in [-0.1, -0.05) is 6.07 Å². The molecule has 0 spiro atoms. The van der Waals surface area contributed by atoms with Gasteiger partial charge in [0, 0.05) is 37.2 Å². The summed E-state index contributed by atoms with van der Waals surface area (Å²) in [5.41, 5.74) is 2.55. The van der Waals surface area contributed by atoms with Crippen LogP contribution in [0, 0.1) is 6.92 Å². The van der Waals surface area contributed by atoms with Crippen molar-refractivity contribution in [2.24, 2.45) is 0 Å². The number of hydrogen-bond acceptors (Lipinski definition) is 3. The van der Waals surface area contributed by atoms with Crippen LogP contribution in [0.2, 0.25) is 0 Å². The summed E-state index contributed by atoms with van der Waals surface area (Å²) in [6.07, 6.45) is 0. The van der Waals surface area contributed by atoms with Gasteiger partial charge in [0.25, 0.3) is 0 Å². The molecule has 0 bridgehead atoms. The number of aryl methyl sites for hydroxylation is 1. The zero-order chi connectivity index (χ0) is 12.3. The third kappa shape index (κ3) is 3.21. The molecule has 1 aliphatic heterocycles. The van der Waals surface area contributed by atoms with E-state index in [1.807, 2.05) is 0 Å². The third-order valence-corrected chi connectivity index (χ3v) is 3.87. The first-order chi connectivity index (χ1) is 8.20. The lowest BCUT2D eigenvalue weighted by Crippen LogP contribution is -2.47. The van der Waals surface area contributed by atoms with Gasteiger partial charge in [0.05, 0.1) is 12.3 Å². The Labute approximate surface area is 111 Å². The van der Waals surface area contributed by atoms with Crippen LogP contribution in [0.15, 0.2) is 22.7 Å². The maximum absolute atomic E-state index is 8.91. The first kappa shape index (κ1) is 12.9. The molecule has 0 unspecified atom stereocenters. The summed E-state index contributed by atoms with van der Waals surface area (Å²) in [4.78, 5) is 4.70. The number of benzene rings is 1. The van der Waals surface area contributed by atoms with Gasteiger partial charge >= 0.3 is 0 Å². The van der Waals surface area contributed by atoms with E-state index in [0.717, 1.165) is 32.7 Å². The van der Waals surface area contributed by atoms with Crippen LogP contribution in [0.1, 0.15) is 5.56 Å². The average Bonchev–Trinajstić information content (AvgIpc) is 2.31. The lowest BCUT2D eigenvalue weighted by Gasteiger charge is -2.36. The van der Waals surface area contributed by atoms with Gasteiger partial charge in [-0.05, 0) is 40.5 Å². The Morgan fingerprint density at radius 2 is 1.94 bits per heavy atom. The van der Waals surface area contributed by atoms with Gasteiger partial charge in [-0.2, -0.15) is 0 Å². The Balaban J connectivity index is 2.00. The standard InChI is InChI=1S/C13H19BrN2O/c1-11-2-3-13(12(14)10-11)16-6-4-15(5-7-16)8-9-17/h2-3,10,17H,4-9H2,1H3. The predicted octanol–water partition coefficient (Wildman–Crippen LogP) is 1.87. The second-order valence-corrected chi connectivity index (χ2v) is 5.36. The summed E-state index contributed by atoms with van der Waals surface area (Å²) in [5.74, 6) is 0. The second kappa shape index (κ2) is 5.85. The van der Waals surface area contributed by atoms with Gasteiger partial charge in [-0.3, -0.25) is 4.90 Å². The molecule has 1 fully saturated rings. The molecular formula is C13H19BrN2O. The normalized spacial score (nSPS) is 17.5. The van der Waals surface area contributed by atoms with Crippen LogP contribution in [0.3, 0.4) is 0 Å². The molecule has 94 valence electrons. The van der Waals surface area contributed by atoms with E-state index in [-0.39, 0.29) is 6.61 Å². The maximum Gasteiger partial charge on any atom is 0.0558 e. The van der Waals surface area contributed by atoms with Crippen molar-refractivity contribution in [1.82, 2.24) is 4.90 Å². The quantitative estimate of drug-likeness (QED) is 0.923. The minimum Gasteiger partial charge on any atom is -0.395 e. The van der Waals surface area contributed by atoms with E-state index < -0.39 is 0 Å². The third-order valence-electron chi connectivity index (χ3n) is 3.23. The Kier molecular flexibility index (Phi) is 4.42. The SMILES string of the molecule is Cc1ccc(N2CCN(CCO)CC2)c(Br)c1. The van der Waals surface area contributed by atoms with E-state index in [9.17, 15) is 0 Å². The molecule has 1 aliphatic rings. The highest BCUT2D eigenvalue weighted by molar-refractivity contribution is 9.10. The zero-order valence-corrected chi connectivity index (χ0v) is 11.8. The molecule has 1 N–H and O–H groups in total. The van der Waals surface area contributed by atoms with Crippen LogP contribution in [0.5, 0.6) is 0 Å². The molecule has 17 heavy (non-hydrogen) atoms. The van der Waals surface area contributed by atoms with Crippen molar-refractivity contribution in [3.05, 3.63) is 28.2 Å². The summed E-state index contributed by atoms with van der Waals surface area (Å²) in [6.45, 7) is 7.27. The molecule has 1 saturated heterocycles. The molecule has 4 heteroatoms. The highest BCUT2D eigenvalue weighted by Crippen LogP contribution is 2.27. The molecule has 0 amide bonds. The van der Waals surface area contributed by atoms with E-state index in [2.05, 4.69) is 50.9 Å². The summed E-state index contributed by atoms with van der Waals surface area (Å²) in [7, 11) is 0. The van der Waals surface area contributed by atoms with Crippen LogP contribution in [-0.2, 0) is 0 Å². The maximum atomic E-state index is 8.91. The Morgan fingerprint density at radius 3 is 2.53 bits per heavy atom. The van der Waals surface area contributed by atoms with Crippen LogP contribution < -0.4 is 4.90 Å². The first-order valence-corrected chi connectivity index (χ1v) is 6.84. The van der Waals surface area contributed by atoms with E-state index >= 15 is 0 Å². The molecule has 0 saturated carbocycles. The smallest absolute Gasteiger partial charge is 0.0558 e. The number of aliphatic hydroxyl groups excluding tert-OH is 1. The lowest BCUT2D eigenvalue weighted by atomic mass is 10.2. The van der Waals surface area contributed by atoms with E-state index in [1.165, 1.54) is 15.7 Å². The number of nitrogens with zero attached hydrogens (tertiary/aromatic N) is 2. The number of aliphatic hydroxyl groups is 1. The molecule has 3 nitrogen and oxygen atoms in total. The Morgan fingerprint density at radius 1 is 1.24 bits per heavy atom. The summed E-state index contributed by atoms with van der Waals surface area (Å²) >= 11 is 3.63. The van der Waals surface area contributed by atoms with Gasteiger partial charge < -0.3 is 10.0 Å². The molecule has 0 aliphatic carbocycles. The van der Waals surface area contributed by atoms with Crippen LogP contribution >= 0.6 is 15.9 Å². The number of halogens is 1. The average molecular weight is 299 g/mol. The fourth-order valence-electron chi connectivity index (χ4n) is 2.22. The lowest BCUT2D eigenvalue weighted by molar-refractivity contribution is 0.188. The van der Waals surface area contributed by atoms with Crippen molar-refractivity contribution in [3.63, 3.8) is 0 Å². The van der Waals surface area contributed by atoms with Gasteiger partial charge in [0.1, 0.15) is 0 Å². The van der Waals surface area contributed by atoms with E-state index in [0.29, 0.717) is 0 Å². The van der Waals surface area contributed by atoms with Gasteiger partial charge in [0.15, 0.2) is 0 Å². The molecule has 0 radical (unpaired) electrons. The highest BCUT2D eigenvalue weighted by Gasteiger charge is 2.17. The predicted molar refractivity (Wildman–Crippen MR) is 74.6 cm³/mol. The number of piperazine rings is 1. The molecule has 0 atom stereocenters. The van der Waals surface area contributed by atoms with Crippen LogP contribution in [0.4, 0.5) is 5.69 Å². The fraction of sp³-hybridized carbons (Fsp3) is 0.538. The Bertz CT molecular complexity index is 376. The number of anilines is 1. The van der Waals surface area contributed by atoms with Gasteiger partial charge in [-0.15, -0.1) is 0 Å². The summed E-state index contributed by atoms with van der Waals surface area (Å²) in [6, 6.07) is 6.50. The highest BCUT2D eigenvalue weighted by atomic mass is 79.9. The van der Waals surface area contributed by atoms with Crippen molar-refractivity contribution in [2.75, 3.05) is 44.2 Å². The monoisotopic (exact) mass is 298 g/mol. The topological polar surface area (TPSA) is 26.7 Å². The van der Waals surface area contributed by atoms with Gasteiger partial charge in [0.2, 0.25) is 0 Å². The van der Waals surface area contributed by atoms with Crippen molar-refractivity contribution in [3.8, 4) is 0 Å². The molecule has 1 heterocycles. The number of β-amino-alcohol motifs (C(OH)–C–C–N with tert-alkyl or cyclic N) is 1. The van der Waals surface area contributed by atoms with Crippen molar-refractivity contribution < 1.29 is 5.11 Å². The molecule has 2 rings (SSSR count). The zero-order valence-electron chi connectivity index (χ0n) is 10.2. The molecule has 1 aromatic carbocycles. The minimum atomic E-state index is 0.258. The van der Waals surface area contributed by atoms with Crippen LogP contribution in [0.25, 0.3) is 0 Å². The summed E-state index contributed by atoms with van der Waals surface area (Å²) in [5, 5.41) is 8.91. The Hall–Kier alpha value is -0.580. The van der Waals surface area contributed by atoms with Crippen LogP contribution in [-0.4, -0.2) is 49.3 Å². The van der Waals surface area contributed by atoms with E-state index in [1.54, 1.807) is 0 Å². The largest absolute Gasteiger partial charge is 0.395 e.